The summed E-state index contributed by atoms with van der Waals surface area (Å²) in [4.78, 5) is 9.15. The van der Waals surface area contributed by atoms with Crippen LogP contribution < -0.4 is 0 Å². The van der Waals surface area contributed by atoms with Gasteiger partial charge in [-0.15, -0.1) is 0 Å². The summed E-state index contributed by atoms with van der Waals surface area (Å²) in [6.45, 7) is 4.94. The van der Waals surface area contributed by atoms with Gasteiger partial charge in [0.2, 0.25) is 0 Å². The van der Waals surface area contributed by atoms with E-state index < -0.39 is 35.7 Å². The largest absolute Gasteiger partial charge is 0.417 e. The van der Waals surface area contributed by atoms with E-state index >= 15 is 0 Å². The summed E-state index contributed by atoms with van der Waals surface area (Å²) in [5.41, 5.74) is 1.94. The van der Waals surface area contributed by atoms with Crippen molar-refractivity contribution in [1.82, 2.24) is 9.97 Å². The van der Waals surface area contributed by atoms with E-state index in [1.807, 2.05) is 13.8 Å². The molecule has 2 aromatic heterocycles. The first-order valence-electron chi connectivity index (χ1n) is 12.8. The molecule has 0 radical (unpaired) electrons. The molecular formula is C27H31F3N2O4. The van der Waals surface area contributed by atoms with Gasteiger partial charge in [0.25, 0.3) is 0 Å². The van der Waals surface area contributed by atoms with Crippen LogP contribution in [-0.2, 0) is 21.3 Å². The first kappa shape index (κ1) is 24.3. The predicted octanol–water partition coefficient (Wildman–Crippen LogP) is 5.38. The molecule has 1 saturated heterocycles. The Labute approximate surface area is 207 Å². The van der Waals surface area contributed by atoms with Crippen LogP contribution in [0.15, 0.2) is 18.3 Å². The fourth-order valence-corrected chi connectivity index (χ4v) is 6.74. The van der Waals surface area contributed by atoms with Crippen LogP contribution in [0.5, 0.6) is 0 Å². The quantitative estimate of drug-likeness (QED) is 0.571. The highest BCUT2D eigenvalue weighted by molar-refractivity contribution is 5.54. The van der Waals surface area contributed by atoms with Crippen molar-refractivity contribution >= 4 is 0 Å². The van der Waals surface area contributed by atoms with Gasteiger partial charge in [0.05, 0.1) is 28.7 Å². The number of halogens is 3. The van der Waals surface area contributed by atoms with Gasteiger partial charge >= 0.3 is 6.18 Å². The number of rotatable bonds is 2. The molecule has 1 saturated carbocycles. The molecule has 2 aromatic rings. The van der Waals surface area contributed by atoms with Crippen molar-refractivity contribution in [1.29, 1.82) is 0 Å². The number of hydrogen-bond donors (Lipinski definition) is 2. The van der Waals surface area contributed by atoms with Crippen molar-refractivity contribution in [3.8, 4) is 0 Å². The predicted molar refractivity (Wildman–Crippen MR) is 123 cm³/mol. The van der Waals surface area contributed by atoms with Crippen LogP contribution in [-0.4, -0.2) is 33.4 Å². The summed E-state index contributed by atoms with van der Waals surface area (Å²) in [6.07, 6.45) is -1.66. The lowest BCUT2D eigenvalue weighted by molar-refractivity contribution is -0.138. The smallest absolute Gasteiger partial charge is 0.388 e. The van der Waals surface area contributed by atoms with Crippen molar-refractivity contribution in [2.24, 2.45) is 5.41 Å². The third-order valence-corrected chi connectivity index (χ3v) is 8.74. The summed E-state index contributed by atoms with van der Waals surface area (Å²) in [5, 5.41) is 23.0. The Morgan fingerprint density at radius 1 is 1.06 bits per heavy atom. The lowest BCUT2D eigenvalue weighted by Gasteiger charge is -2.51. The molecule has 0 aromatic carbocycles. The fourth-order valence-electron chi connectivity index (χ4n) is 6.74. The zero-order chi connectivity index (χ0) is 25.5. The average Bonchev–Trinajstić information content (AvgIpc) is 3.13. The van der Waals surface area contributed by atoms with Gasteiger partial charge < -0.3 is 19.7 Å². The Bertz CT molecular complexity index is 1170. The van der Waals surface area contributed by atoms with Crippen molar-refractivity contribution in [3.05, 3.63) is 57.7 Å². The van der Waals surface area contributed by atoms with Gasteiger partial charge in [-0.2, -0.15) is 13.2 Å². The monoisotopic (exact) mass is 504 g/mol. The number of hydrogen-bond acceptors (Lipinski definition) is 6. The minimum absolute atomic E-state index is 0.0387. The van der Waals surface area contributed by atoms with E-state index in [-0.39, 0.29) is 11.3 Å². The highest BCUT2D eigenvalue weighted by Crippen LogP contribution is 2.63. The van der Waals surface area contributed by atoms with E-state index in [0.29, 0.717) is 49.4 Å². The van der Waals surface area contributed by atoms with Crippen LogP contribution in [0.2, 0.25) is 0 Å². The normalized spacial score (nSPS) is 28.3. The fraction of sp³-hybridized carbons (Fsp3) is 0.630. The molecule has 3 atom stereocenters. The van der Waals surface area contributed by atoms with Gasteiger partial charge in [-0.1, -0.05) is 20.3 Å². The van der Waals surface area contributed by atoms with Crippen molar-refractivity contribution in [2.75, 3.05) is 13.2 Å². The van der Waals surface area contributed by atoms with Gasteiger partial charge in [0, 0.05) is 54.5 Å². The molecule has 2 N–H and O–H groups in total. The third kappa shape index (κ3) is 3.46. The van der Waals surface area contributed by atoms with E-state index in [1.54, 1.807) is 0 Å². The number of alkyl halides is 3. The Morgan fingerprint density at radius 3 is 2.33 bits per heavy atom. The number of ether oxygens (including phenoxy) is 2. The van der Waals surface area contributed by atoms with Gasteiger partial charge in [0.15, 0.2) is 0 Å². The van der Waals surface area contributed by atoms with Crippen LogP contribution in [0.4, 0.5) is 13.2 Å². The molecule has 4 heterocycles. The third-order valence-electron chi connectivity index (χ3n) is 8.74. The van der Waals surface area contributed by atoms with E-state index in [9.17, 15) is 23.4 Å². The molecule has 9 heteroatoms. The number of pyridine rings is 2. The maximum absolute atomic E-state index is 13.2. The maximum Gasteiger partial charge on any atom is 0.417 e. The van der Waals surface area contributed by atoms with Gasteiger partial charge in [-0.05, 0) is 42.9 Å². The minimum atomic E-state index is -4.48. The van der Waals surface area contributed by atoms with E-state index in [2.05, 4.69) is 4.98 Å². The average molecular weight is 505 g/mol. The minimum Gasteiger partial charge on any atom is -0.388 e. The second-order valence-electron chi connectivity index (χ2n) is 11.2. The highest BCUT2D eigenvalue weighted by atomic mass is 19.4. The first-order valence-corrected chi connectivity index (χ1v) is 12.8. The first-order chi connectivity index (χ1) is 17.1. The topological polar surface area (TPSA) is 84.7 Å². The second-order valence-corrected chi connectivity index (χ2v) is 11.2. The standard InChI is InChI=1S/C27H31F3N2O4/c1-14(2)21-19-20(18-17(33)12-25(6-3-7-25)24(34)22(18)32-21)26(8-10-35-11-9-26)36-23(19)16-5-4-15(13-31-16)27(28,29)30/h4-5,13-14,17,23-24,33-34H,3,6-12H2,1-2H3. The molecule has 36 heavy (non-hydrogen) atoms. The molecule has 2 spiro atoms. The van der Waals surface area contributed by atoms with E-state index in [1.165, 1.54) is 6.07 Å². The Morgan fingerprint density at radius 2 is 1.78 bits per heavy atom. The lowest BCUT2D eigenvalue weighted by Crippen LogP contribution is -2.43. The summed E-state index contributed by atoms with van der Waals surface area (Å²) in [7, 11) is 0. The van der Waals surface area contributed by atoms with Crippen LogP contribution in [0, 0.1) is 5.41 Å². The van der Waals surface area contributed by atoms with E-state index in [4.69, 9.17) is 14.5 Å². The molecule has 194 valence electrons. The summed E-state index contributed by atoms with van der Waals surface area (Å²) < 4.78 is 52.0. The van der Waals surface area contributed by atoms with E-state index in [0.717, 1.165) is 48.3 Å². The zero-order valence-electron chi connectivity index (χ0n) is 20.4. The number of aromatic nitrogens is 2. The molecule has 2 aliphatic heterocycles. The van der Waals surface area contributed by atoms with Crippen molar-refractivity contribution < 1.29 is 32.9 Å². The lowest BCUT2D eigenvalue weighted by atomic mass is 9.57. The van der Waals surface area contributed by atoms with Gasteiger partial charge in [-0.25, -0.2) is 0 Å². The van der Waals surface area contributed by atoms with Crippen LogP contribution in [0.25, 0.3) is 0 Å². The van der Waals surface area contributed by atoms with Gasteiger partial charge in [-0.3, -0.25) is 9.97 Å². The molecule has 3 unspecified atom stereocenters. The molecule has 2 aliphatic carbocycles. The Hall–Kier alpha value is -2.07. The molecule has 0 amide bonds. The molecule has 6 nitrogen and oxygen atoms in total. The molecule has 2 fully saturated rings. The molecule has 6 rings (SSSR count). The highest BCUT2D eigenvalue weighted by Gasteiger charge is 2.56. The molecule has 4 aliphatic rings. The summed E-state index contributed by atoms with van der Waals surface area (Å²) in [6, 6.07) is 2.40. The van der Waals surface area contributed by atoms with Crippen molar-refractivity contribution in [3.63, 3.8) is 0 Å². The summed E-state index contributed by atoms with van der Waals surface area (Å²) in [5.74, 6) is -0.0387. The van der Waals surface area contributed by atoms with Crippen LogP contribution >= 0.6 is 0 Å². The maximum atomic E-state index is 13.2. The molecule has 0 bridgehead atoms. The zero-order valence-corrected chi connectivity index (χ0v) is 20.4. The Balaban J connectivity index is 1.57. The van der Waals surface area contributed by atoms with Gasteiger partial charge in [0.1, 0.15) is 12.2 Å². The Kier molecular flexibility index (Phi) is 5.54. The van der Waals surface area contributed by atoms with Crippen LogP contribution in [0.1, 0.15) is 116 Å². The van der Waals surface area contributed by atoms with Crippen molar-refractivity contribution in [2.45, 2.75) is 88.4 Å². The number of nitrogens with zero attached hydrogens (tertiary/aromatic N) is 2. The SMILES string of the molecule is CC(C)c1nc2c(c3c1C(c1ccc(C(F)(F)F)cn1)OC31CCOCC1)C(O)CC1(CCC1)C2O. The second kappa shape index (κ2) is 8.21. The number of fused-ring (bicyclic) bond motifs is 4. The number of aliphatic hydroxyl groups excluding tert-OH is 2. The number of aliphatic hydroxyl groups is 2. The van der Waals surface area contributed by atoms with Crippen LogP contribution in [0.3, 0.4) is 0 Å². The molecular weight excluding hydrogens is 473 g/mol. The summed E-state index contributed by atoms with van der Waals surface area (Å²) >= 11 is 0.